The fourth-order valence-electron chi connectivity index (χ4n) is 4.79. The molecule has 1 aromatic heterocycles. The first-order valence-electron chi connectivity index (χ1n) is 15.7. The van der Waals surface area contributed by atoms with Crippen LogP contribution in [0.5, 0.6) is 0 Å². The molecule has 1 fully saturated rings. The molecule has 1 saturated heterocycles. The number of nitro groups is 2. The van der Waals surface area contributed by atoms with Crippen LogP contribution in [-0.4, -0.2) is 85.1 Å². The molecule has 0 radical (unpaired) electrons. The van der Waals surface area contributed by atoms with Crippen molar-refractivity contribution in [3.8, 4) is 0 Å². The number of β-lactam (4-membered cyclic amide) rings is 1. The summed E-state index contributed by atoms with van der Waals surface area (Å²) in [6.45, 7) is 2.12. The number of nitrogens with one attached hydrogen (secondary N) is 2. The lowest BCUT2D eigenvalue weighted by atomic mass is 10.0. The number of halogens is 3. The summed E-state index contributed by atoms with van der Waals surface area (Å²) in [6.07, 6.45) is -5.26. The summed E-state index contributed by atoms with van der Waals surface area (Å²) in [7, 11) is 0. The summed E-state index contributed by atoms with van der Waals surface area (Å²) in [5.41, 5.74) is -0.836. The van der Waals surface area contributed by atoms with Gasteiger partial charge in [-0.05, 0) is 40.8 Å². The first kappa shape index (κ1) is 41.8. The van der Waals surface area contributed by atoms with Crippen LogP contribution < -0.4 is 10.6 Å². The number of amides is 3. The third kappa shape index (κ3) is 10.3. The van der Waals surface area contributed by atoms with E-state index in [0.717, 1.165) is 33.8 Å². The molecule has 25 heteroatoms. The molecule has 2 aliphatic heterocycles. The highest BCUT2D eigenvalue weighted by Gasteiger charge is 2.55. The van der Waals surface area contributed by atoms with Crippen LogP contribution in [-0.2, 0) is 51.5 Å². The molecule has 0 aliphatic carbocycles. The summed E-state index contributed by atoms with van der Waals surface area (Å²) >= 11 is 2.71. The van der Waals surface area contributed by atoms with Crippen LogP contribution >= 0.6 is 34.9 Å². The van der Waals surface area contributed by atoms with Crippen molar-refractivity contribution in [2.24, 2.45) is 5.16 Å². The van der Waals surface area contributed by atoms with Crippen LogP contribution in [0.3, 0.4) is 0 Å². The zero-order chi connectivity index (χ0) is 41.4. The molecular formula is C32H24F3N7O12S3. The largest absolute Gasteiger partial charge is 0.471 e. The van der Waals surface area contributed by atoms with Crippen molar-refractivity contribution in [1.82, 2.24) is 15.2 Å². The molecule has 19 nitrogen and oxygen atoms in total. The number of carbonyl (C=O) groups is 5. The van der Waals surface area contributed by atoms with Crippen molar-refractivity contribution in [3.63, 3.8) is 0 Å². The second-order valence-electron chi connectivity index (χ2n) is 11.2. The number of non-ortho nitro benzene ring substituents is 2. The lowest BCUT2D eigenvalue weighted by molar-refractivity contribution is -0.385. The number of fused-ring (bicyclic) bond motifs is 1. The molecule has 0 saturated carbocycles. The van der Waals surface area contributed by atoms with Gasteiger partial charge < -0.3 is 19.6 Å². The molecule has 2 aliphatic rings. The number of thiazole rings is 1. The zero-order valence-electron chi connectivity index (χ0n) is 28.5. The fourth-order valence-corrected chi connectivity index (χ4v) is 7.65. The van der Waals surface area contributed by atoms with Gasteiger partial charge in [-0.3, -0.25) is 44.8 Å². The summed E-state index contributed by atoms with van der Waals surface area (Å²) in [5, 5.41) is 30.4. The number of ether oxygens (including phenoxy) is 2. The molecule has 0 spiro atoms. The maximum absolute atomic E-state index is 13.6. The summed E-state index contributed by atoms with van der Waals surface area (Å²) < 4.78 is 49.0. The normalized spacial score (nSPS) is 16.4. The van der Waals surface area contributed by atoms with Crippen LogP contribution in [0, 0.1) is 20.2 Å². The van der Waals surface area contributed by atoms with Gasteiger partial charge in [0.2, 0.25) is 6.61 Å². The van der Waals surface area contributed by atoms with Crippen molar-refractivity contribution in [1.29, 1.82) is 0 Å². The van der Waals surface area contributed by atoms with Gasteiger partial charge in [-0.15, -0.1) is 23.1 Å². The predicted octanol–water partition coefficient (Wildman–Crippen LogP) is 4.16. The zero-order valence-corrected chi connectivity index (χ0v) is 30.9. The number of aromatic nitrogens is 1. The minimum Gasteiger partial charge on any atom is -0.458 e. The molecule has 2 N–H and O–H groups in total. The number of alkyl halides is 3. The van der Waals surface area contributed by atoms with E-state index < -0.39 is 80.2 Å². The highest BCUT2D eigenvalue weighted by molar-refractivity contribution is 8.08. The molecule has 3 heterocycles. The van der Waals surface area contributed by atoms with E-state index in [1.54, 1.807) is 0 Å². The lowest BCUT2D eigenvalue weighted by Gasteiger charge is -2.49. The Morgan fingerprint density at radius 2 is 1.61 bits per heavy atom. The maximum Gasteiger partial charge on any atom is 0.471 e. The molecule has 298 valence electrons. The standard InChI is InChI=1S/C32H24F3N7O12S3/c1-2-55-21-15-56-28-24(27(45)40(28)25(21)29(46)53-12-17-5-9-19(10-6-17)42(50)51)37-26(44)23(20-14-57-31(36-20)38-30(47)32(33,34)35)39-54-13-22(43)52-11-16-3-7-18(8-4-16)41(48)49/h2-10,14,24,28H,1,11-13,15H2,(H,37,44)(H,36,38,47)/b39-23+/t24?,28-/m1/s1. The quantitative estimate of drug-likeness (QED) is 0.0675. The fraction of sp³-hybridized carbons (Fsp3) is 0.219. The molecule has 1 unspecified atom stereocenters. The van der Waals surface area contributed by atoms with E-state index in [0.29, 0.717) is 27.4 Å². The number of thioether (sulfide) groups is 2. The second kappa shape index (κ2) is 18.1. The molecular weight excluding hydrogens is 828 g/mol. The highest BCUT2D eigenvalue weighted by Crippen LogP contribution is 2.44. The van der Waals surface area contributed by atoms with E-state index >= 15 is 0 Å². The molecule has 3 amide bonds. The minimum atomic E-state index is -5.26. The Hall–Kier alpha value is -6.34. The van der Waals surface area contributed by atoms with Gasteiger partial charge in [0.05, 0.1) is 9.85 Å². The number of benzene rings is 2. The molecule has 5 rings (SSSR count). The van der Waals surface area contributed by atoms with E-state index in [1.165, 1.54) is 59.3 Å². The number of oxime groups is 1. The number of esters is 2. The van der Waals surface area contributed by atoms with Crippen LogP contribution in [0.25, 0.3) is 0 Å². The number of nitro benzene ring substituents is 2. The number of hydrogen-bond acceptors (Lipinski definition) is 17. The Morgan fingerprint density at radius 1 is 1.02 bits per heavy atom. The first-order chi connectivity index (χ1) is 27.1. The average molecular weight is 852 g/mol. The van der Waals surface area contributed by atoms with E-state index in [-0.39, 0.29) is 36.0 Å². The lowest BCUT2D eigenvalue weighted by Crippen LogP contribution is -2.71. The third-order valence-corrected chi connectivity index (χ3v) is 10.5. The van der Waals surface area contributed by atoms with Gasteiger partial charge >= 0.3 is 24.0 Å². The SMILES string of the molecule is C=CSC1=C(C(=O)OCc2ccc([N+](=O)[O-])cc2)N2C(=O)C(NC(=O)/C(=N/OCC(=O)OCc3ccc([N+](=O)[O-])cc3)c3csc(NC(=O)C(F)(F)F)n3)[C@H]2SC1. The van der Waals surface area contributed by atoms with E-state index in [2.05, 4.69) is 22.0 Å². The van der Waals surface area contributed by atoms with Gasteiger partial charge in [0.1, 0.15) is 36.0 Å². The third-order valence-electron chi connectivity index (χ3n) is 7.48. The van der Waals surface area contributed by atoms with E-state index in [9.17, 15) is 57.4 Å². The second-order valence-corrected chi connectivity index (χ2v) is 14.2. The van der Waals surface area contributed by atoms with Gasteiger partial charge in [-0.1, -0.05) is 23.5 Å². The Balaban J connectivity index is 1.29. The Morgan fingerprint density at radius 3 is 2.18 bits per heavy atom. The Kier molecular flexibility index (Phi) is 13.3. The number of hydrogen-bond donors (Lipinski definition) is 2. The number of nitrogens with zero attached hydrogens (tertiary/aromatic N) is 5. The average Bonchev–Trinajstić information content (AvgIpc) is 3.64. The summed E-state index contributed by atoms with van der Waals surface area (Å²) in [6, 6.07) is 9.02. The smallest absolute Gasteiger partial charge is 0.458 e. The van der Waals surface area contributed by atoms with E-state index in [4.69, 9.17) is 14.3 Å². The topological polar surface area (TPSA) is 252 Å². The van der Waals surface area contributed by atoms with Gasteiger partial charge in [-0.25, -0.2) is 14.6 Å². The summed E-state index contributed by atoms with van der Waals surface area (Å²) in [4.78, 5) is 95.1. The van der Waals surface area contributed by atoms with Crippen molar-refractivity contribution in [3.05, 3.63) is 114 Å². The Bertz CT molecular complexity index is 2180. The molecule has 57 heavy (non-hydrogen) atoms. The maximum atomic E-state index is 13.6. The van der Waals surface area contributed by atoms with Crippen LogP contribution in [0.15, 0.2) is 81.7 Å². The van der Waals surface area contributed by atoms with Crippen molar-refractivity contribution in [2.45, 2.75) is 30.8 Å². The van der Waals surface area contributed by atoms with Crippen LogP contribution in [0.1, 0.15) is 16.8 Å². The van der Waals surface area contributed by atoms with Crippen molar-refractivity contribution in [2.75, 3.05) is 17.7 Å². The molecule has 2 aromatic carbocycles. The van der Waals surface area contributed by atoms with Gasteiger partial charge in [0.25, 0.3) is 23.2 Å². The summed E-state index contributed by atoms with van der Waals surface area (Å²) in [5.74, 6) is -6.02. The van der Waals surface area contributed by atoms with Crippen LogP contribution in [0.4, 0.5) is 29.7 Å². The predicted molar refractivity (Wildman–Crippen MR) is 195 cm³/mol. The minimum absolute atomic E-state index is 0.130. The van der Waals surface area contributed by atoms with Crippen LogP contribution in [0.2, 0.25) is 0 Å². The van der Waals surface area contributed by atoms with Crippen molar-refractivity contribution >= 4 is 86.7 Å². The number of rotatable bonds is 16. The molecule has 2 atom stereocenters. The van der Waals surface area contributed by atoms with Gasteiger partial charge in [0.15, 0.2) is 10.8 Å². The first-order valence-corrected chi connectivity index (χ1v) is 18.5. The highest BCUT2D eigenvalue weighted by atomic mass is 32.2. The monoisotopic (exact) mass is 851 g/mol. The molecule has 0 bridgehead atoms. The van der Waals surface area contributed by atoms with Gasteiger partial charge in [0, 0.05) is 40.3 Å². The Labute approximate surface area is 329 Å². The van der Waals surface area contributed by atoms with Gasteiger partial charge in [-0.2, -0.15) is 13.2 Å². The number of carbonyl (C=O) groups excluding carboxylic acids is 5. The number of anilines is 1. The van der Waals surface area contributed by atoms with E-state index in [1.807, 2.05) is 0 Å². The van der Waals surface area contributed by atoms with Crippen molar-refractivity contribution < 1.29 is 61.3 Å². The molecule has 3 aromatic rings.